The Bertz CT molecular complexity index is 1120. The highest BCUT2D eigenvalue weighted by molar-refractivity contribution is 6.31. The number of aliphatic hydroxyl groups excluding tert-OH is 1. The summed E-state index contributed by atoms with van der Waals surface area (Å²) in [5.41, 5.74) is -0.800. The predicted molar refractivity (Wildman–Crippen MR) is 151 cm³/mol. The summed E-state index contributed by atoms with van der Waals surface area (Å²) in [7, 11) is 0. The molecular weight excluding hydrogens is 556 g/mol. The zero-order chi connectivity index (χ0) is 30.8. The van der Waals surface area contributed by atoms with Crippen LogP contribution in [0.3, 0.4) is 0 Å². The lowest BCUT2D eigenvalue weighted by Crippen LogP contribution is -2.47. The van der Waals surface area contributed by atoms with Crippen molar-refractivity contribution in [3.63, 3.8) is 0 Å². The Morgan fingerprint density at radius 3 is 2.22 bits per heavy atom. The molecule has 12 heteroatoms. The molecule has 0 radical (unpaired) electrons. The molecule has 0 saturated carbocycles. The molecule has 0 aromatic heterocycles. The van der Waals surface area contributed by atoms with Crippen LogP contribution >= 0.6 is 11.6 Å². The summed E-state index contributed by atoms with van der Waals surface area (Å²) in [5, 5.41) is 13.0. The molecule has 2 N–H and O–H groups in total. The lowest BCUT2D eigenvalue weighted by Gasteiger charge is -2.38. The number of rotatable bonds is 6. The summed E-state index contributed by atoms with van der Waals surface area (Å²) in [6, 6.07) is 2.33. The molecule has 0 unspecified atom stereocenters. The minimum absolute atomic E-state index is 0.0889. The number of hydrogen-bond donors (Lipinski definition) is 2. The van der Waals surface area contributed by atoms with Crippen molar-refractivity contribution in [1.29, 1.82) is 0 Å². The van der Waals surface area contributed by atoms with Crippen LogP contribution in [-0.4, -0.2) is 71.0 Å². The fourth-order valence-corrected chi connectivity index (χ4v) is 5.01. The zero-order valence-corrected chi connectivity index (χ0v) is 25.9. The van der Waals surface area contributed by atoms with Gasteiger partial charge >= 0.3 is 12.2 Å². The van der Waals surface area contributed by atoms with E-state index in [0.717, 1.165) is 0 Å². The number of aliphatic hydroxyl groups is 1. The molecule has 3 rings (SSSR count). The first-order chi connectivity index (χ1) is 18.9. The second-order valence-corrected chi connectivity index (χ2v) is 13.2. The Morgan fingerprint density at radius 1 is 1.10 bits per heavy atom. The Morgan fingerprint density at radius 2 is 1.71 bits per heavy atom. The molecule has 41 heavy (non-hydrogen) atoms. The van der Waals surface area contributed by atoms with Gasteiger partial charge in [-0.2, -0.15) is 0 Å². The van der Waals surface area contributed by atoms with Gasteiger partial charge in [0.1, 0.15) is 17.0 Å². The van der Waals surface area contributed by atoms with E-state index in [9.17, 15) is 19.5 Å². The SMILES string of the molecule is CC(C)(C)OC(=O)N[C@@H](c1cc(Cl)c(CO)cc1OC(=O)OC(C)(C)C)C1CCN(C(=O)[C@H]2COC(C)(C)O2)CC1. The monoisotopic (exact) mass is 598 g/mol. The van der Waals surface area contributed by atoms with Crippen molar-refractivity contribution in [2.24, 2.45) is 5.92 Å². The number of likely N-dealkylation sites (tertiary alicyclic amines) is 1. The molecule has 2 amide bonds. The number of benzene rings is 1. The fourth-order valence-electron chi connectivity index (χ4n) is 4.77. The van der Waals surface area contributed by atoms with Gasteiger partial charge in [0, 0.05) is 23.7 Å². The molecule has 1 aromatic rings. The zero-order valence-electron chi connectivity index (χ0n) is 25.2. The second kappa shape index (κ2) is 12.7. The molecule has 2 atom stereocenters. The highest BCUT2D eigenvalue weighted by atomic mass is 35.5. The van der Waals surface area contributed by atoms with Crippen LogP contribution in [0.15, 0.2) is 12.1 Å². The van der Waals surface area contributed by atoms with Crippen molar-refractivity contribution in [2.45, 2.75) is 104 Å². The van der Waals surface area contributed by atoms with E-state index in [2.05, 4.69) is 5.32 Å². The third-order valence-electron chi connectivity index (χ3n) is 6.55. The van der Waals surface area contributed by atoms with Crippen molar-refractivity contribution in [3.05, 3.63) is 28.3 Å². The van der Waals surface area contributed by atoms with E-state index in [1.54, 1.807) is 66.4 Å². The van der Waals surface area contributed by atoms with Gasteiger partial charge in [-0.3, -0.25) is 4.79 Å². The summed E-state index contributed by atoms with van der Waals surface area (Å²) in [5.74, 6) is -1.05. The molecule has 2 aliphatic rings. The van der Waals surface area contributed by atoms with Gasteiger partial charge in [-0.15, -0.1) is 0 Å². The van der Waals surface area contributed by atoms with Crippen LogP contribution < -0.4 is 10.1 Å². The minimum atomic E-state index is -0.942. The number of carbonyl (C=O) groups excluding carboxylic acids is 3. The summed E-state index contributed by atoms with van der Waals surface area (Å²) >= 11 is 6.48. The van der Waals surface area contributed by atoms with E-state index >= 15 is 0 Å². The number of nitrogens with zero attached hydrogens (tertiary/aromatic N) is 1. The summed E-state index contributed by atoms with van der Waals surface area (Å²) < 4.78 is 27.8. The highest BCUT2D eigenvalue weighted by Crippen LogP contribution is 2.39. The molecule has 0 aliphatic carbocycles. The van der Waals surface area contributed by atoms with Crippen LogP contribution in [0.1, 0.15) is 85.4 Å². The third kappa shape index (κ3) is 9.46. The lowest BCUT2D eigenvalue weighted by atomic mass is 9.84. The van der Waals surface area contributed by atoms with Crippen molar-refractivity contribution < 1.29 is 43.2 Å². The summed E-state index contributed by atoms with van der Waals surface area (Å²) in [6.45, 7) is 14.6. The van der Waals surface area contributed by atoms with Gasteiger partial charge in [0.05, 0.1) is 19.3 Å². The van der Waals surface area contributed by atoms with E-state index in [-0.39, 0.29) is 29.2 Å². The molecule has 0 spiro atoms. The third-order valence-corrected chi connectivity index (χ3v) is 6.90. The molecule has 0 bridgehead atoms. The lowest BCUT2D eigenvalue weighted by molar-refractivity contribution is -0.161. The number of nitrogens with one attached hydrogen (secondary N) is 1. The minimum Gasteiger partial charge on any atom is -0.444 e. The molecule has 2 aliphatic heterocycles. The fraction of sp³-hybridized carbons (Fsp3) is 0.690. The highest BCUT2D eigenvalue weighted by Gasteiger charge is 2.41. The smallest absolute Gasteiger partial charge is 0.444 e. The van der Waals surface area contributed by atoms with Crippen LogP contribution in [0.25, 0.3) is 0 Å². The average molecular weight is 599 g/mol. The van der Waals surface area contributed by atoms with Crippen LogP contribution in [0.4, 0.5) is 9.59 Å². The quantitative estimate of drug-likeness (QED) is 0.339. The van der Waals surface area contributed by atoms with Gasteiger partial charge in [0.15, 0.2) is 11.9 Å². The van der Waals surface area contributed by atoms with Crippen LogP contribution in [0.2, 0.25) is 5.02 Å². The number of amides is 2. The Balaban J connectivity index is 1.90. The van der Waals surface area contributed by atoms with E-state index in [4.69, 9.17) is 35.3 Å². The van der Waals surface area contributed by atoms with E-state index < -0.39 is 48.0 Å². The topological polar surface area (TPSA) is 133 Å². The van der Waals surface area contributed by atoms with Gasteiger partial charge < -0.3 is 39.0 Å². The van der Waals surface area contributed by atoms with Crippen molar-refractivity contribution in [1.82, 2.24) is 10.2 Å². The van der Waals surface area contributed by atoms with E-state index in [1.807, 2.05) is 0 Å². The second-order valence-electron chi connectivity index (χ2n) is 12.8. The first-order valence-corrected chi connectivity index (χ1v) is 14.2. The molecule has 2 saturated heterocycles. The number of hydrogen-bond acceptors (Lipinski definition) is 9. The Hall–Kier alpha value is -2.60. The van der Waals surface area contributed by atoms with Gasteiger partial charge in [-0.25, -0.2) is 9.59 Å². The summed E-state index contributed by atoms with van der Waals surface area (Å²) in [4.78, 5) is 40.5. The number of carbonyl (C=O) groups is 3. The largest absolute Gasteiger partial charge is 0.514 e. The molecule has 11 nitrogen and oxygen atoms in total. The summed E-state index contributed by atoms with van der Waals surface area (Å²) in [6.07, 6.45) is -1.23. The average Bonchev–Trinajstić information content (AvgIpc) is 3.20. The van der Waals surface area contributed by atoms with Crippen LogP contribution in [0.5, 0.6) is 5.75 Å². The molecule has 1 aromatic carbocycles. The standard InChI is InChI=1S/C29H43ClN2O9/c1-27(2,3)40-25(35)31-23(17-9-11-32(12-10-17)24(34)22-16-37-29(7,8)39-22)19-14-20(30)18(15-33)13-21(19)38-26(36)41-28(4,5)6/h13-14,17,22-23,33H,9-12,15-16H2,1-8H3,(H,31,35)/t22-,23-/m1/s1. The van der Waals surface area contributed by atoms with Crippen molar-refractivity contribution >= 4 is 29.8 Å². The van der Waals surface area contributed by atoms with Crippen LogP contribution in [0, 0.1) is 5.92 Å². The maximum atomic E-state index is 13.1. The van der Waals surface area contributed by atoms with E-state index in [0.29, 0.717) is 37.1 Å². The Labute approximate surface area is 246 Å². The number of piperidine rings is 1. The maximum Gasteiger partial charge on any atom is 0.514 e. The predicted octanol–water partition coefficient (Wildman–Crippen LogP) is 5.10. The molecule has 2 heterocycles. The van der Waals surface area contributed by atoms with Gasteiger partial charge in [0.25, 0.3) is 5.91 Å². The normalized spacial score (nSPS) is 20.3. The number of halogens is 1. The first kappa shape index (κ1) is 32.9. The molecule has 230 valence electrons. The van der Waals surface area contributed by atoms with Gasteiger partial charge in [-0.05, 0) is 91.8 Å². The number of ether oxygens (including phenoxy) is 5. The maximum absolute atomic E-state index is 13.1. The van der Waals surface area contributed by atoms with E-state index in [1.165, 1.54) is 6.07 Å². The number of alkyl carbamates (subject to hydrolysis) is 1. The van der Waals surface area contributed by atoms with Gasteiger partial charge in [0.2, 0.25) is 0 Å². The van der Waals surface area contributed by atoms with Crippen molar-refractivity contribution in [3.8, 4) is 5.75 Å². The molecular formula is C29H43ClN2O9. The Kier molecular flexibility index (Phi) is 10.2. The van der Waals surface area contributed by atoms with Crippen molar-refractivity contribution in [2.75, 3.05) is 19.7 Å². The first-order valence-electron chi connectivity index (χ1n) is 13.8. The van der Waals surface area contributed by atoms with Gasteiger partial charge in [-0.1, -0.05) is 11.6 Å². The van der Waals surface area contributed by atoms with Crippen LogP contribution in [-0.2, 0) is 30.3 Å². The molecule has 2 fully saturated rings.